The molecule has 0 spiro atoms. The zero-order valence-corrected chi connectivity index (χ0v) is 21.2. The molecule has 1 aliphatic heterocycles. The zero-order valence-electron chi connectivity index (χ0n) is 21.2. The van der Waals surface area contributed by atoms with Crippen molar-refractivity contribution in [1.29, 1.82) is 0 Å². The fourth-order valence-corrected chi connectivity index (χ4v) is 4.06. The molecule has 10 heteroatoms. The summed E-state index contributed by atoms with van der Waals surface area (Å²) in [6.07, 6.45) is 1.80. The smallest absolute Gasteiger partial charge is 0.410 e. The Morgan fingerprint density at radius 3 is 2.37 bits per heavy atom. The van der Waals surface area contributed by atoms with Gasteiger partial charge in [-0.25, -0.2) is 9.18 Å². The summed E-state index contributed by atoms with van der Waals surface area (Å²) in [4.78, 5) is 29.0. The Bertz CT molecular complexity index is 976. The highest BCUT2D eigenvalue weighted by atomic mass is 19.1. The highest BCUT2D eigenvalue weighted by molar-refractivity contribution is 5.94. The molecular weight excluding hydrogens is 453 g/mol. The molecule has 1 aliphatic rings. The summed E-state index contributed by atoms with van der Waals surface area (Å²) < 4.78 is 24.7. The molecule has 9 nitrogen and oxygen atoms in total. The van der Waals surface area contributed by atoms with Crippen LogP contribution < -0.4 is 10.2 Å². The van der Waals surface area contributed by atoms with Crippen molar-refractivity contribution in [2.75, 3.05) is 31.1 Å². The van der Waals surface area contributed by atoms with Crippen LogP contribution in [0.25, 0.3) is 0 Å². The average Bonchev–Trinajstić information content (AvgIpc) is 3.29. The first-order valence-corrected chi connectivity index (χ1v) is 12.2. The van der Waals surface area contributed by atoms with Gasteiger partial charge in [-0.15, -0.1) is 5.10 Å². The van der Waals surface area contributed by atoms with Gasteiger partial charge in [0.1, 0.15) is 17.5 Å². The molecule has 0 saturated carbocycles. The standard InChI is InChI=1S/C25H36FN5O4/c1-6-30(7-2)23-29-28-22(34-23)20(27-21(32)18-8-10-19(26)11-9-18)16-17-12-14-31(15-13-17)24(33)35-25(3,4)5/h8-11,17,20H,6-7,12-16H2,1-5H3,(H,27,32). The highest BCUT2D eigenvalue weighted by Crippen LogP contribution is 2.30. The predicted molar refractivity (Wildman–Crippen MR) is 130 cm³/mol. The number of carbonyl (C=O) groups is 2. The van der Waals surface area contributed by atoms with Gasteiger partial charge in [0.25, 0.3) is 5.91 Å². The van der Waals surface area contributed by atoms with E-state index in [0.717, 1.165) is 12.8 Å². The van der Waals surface area contributed by atoms with Crippen LogP contribution in [-0.2, 0) is 4.74 Å². The summed E-state index contributed by atoms with van der Waals surface area (Å²) in [6.45, 7) is 12.1. The number of benzene rings is 1. The van der Waals surface area contributed by atoms with Gasteiger partial charge in [0.05, 0.1) is 0 Å². The minimum Gasteiger partial charge on any atom is -0.444 e. The third kappa shape index (κ3) is 7.40. The topological polar surface area (TPSA) is 101 Å². The lowest BCUT2D eigenvalue weighted by Gasteiger charge is -2.34. The quantitative estimate of drug-likeness (QED) is 0.580. The fraction of sp³-hybridized carbons (Fsp3) is 0.600. The third-order valence-electron chi connectivity index (χ3n) is 6.01. The molecule has 1 aromatic heterocycles. The van der Waals surface area contributed by atoms with Gasteiger partial charge in [-0.3, -0.25) is 4.79 Å². The van der Waals surface area contributed by atoms with Crippen molar-refractivity contribution in [3.8, 4) is 0 Å². The maximum Gasteiger partial charge on any atom is 0.410 e. The van der Waals surface area contributed by atoms with Crippen molar-refractivity contribution in [1.82, 2.24) is 20.4 Å². The number of aromatic nitrogens is 2. The molecule has 1 unspecified atom stereocenters. The van der Waals surface area contributed by atoms with Crippen LogP contribution in [0.4, 0.5) is 15.2 Å². The van der Waals surface area contributed by atoms with Crippen molar-refractivity contribution in [2.24, 2.45) is 5.92 Å². The van der Waals surface area contributed by atoms with Crippen LogP contribution in [0.1, 0.15) is 76.2 Å². The summed E-state index contributed by atoms with van der Waals surface area (Å²) in [7, 11) is 0. The van der Waals surface area contributed by atoms with Crippen molar-refractivity contribution in [2.45, 2.75) is 65.5 Å². The molecule has 0 bridgehead atoms. The number of halogens is 1. The number of anilines is 1. The number of hydrogen-bond acceptors (Lipinski definition) is 7. The maximum absolute atomic E-state index is 13.3. The van der Waals surface area contributed by atoms with E-state index in [-0.39, 0.29) is 17.9 Å². The lowest BCUT2D eigenvalue weighted by atomic mass is 9.90. The van der Waals surface area contributed by atoms with Crippen LogP contribution in [0, 0.1) is 11.7 Å². The van der Waals surface area contributed by atoms with Gasteiger partial charge < -0.3 is 24.3 Å². The Morgan fingerprint density at radius 2 is 1.80 bits per heavy atom. The van der Waals surface area contributed by atoms with Crippen molar-refractivity contribution in [3.63, 3.8) is 0 Å². The molecule has 3 rings (SSSR count). The van der Waals surface area contributed by atoms with Gasteiger partial charge in [0.15, 0.2) is 0 Å². The van der Waals surface area contributed by atoms with E-state index < -0.39 is 17.5 Å². The van der Waals surface area contributed by atoms with Crippen molar-refractivity contribution in [3.05, 3.63) is 41.5 Å². The number of hydrogen-bond donors (Lipinski definition) is 1. The van der Waals surface area contributed by atoms with E-state index in [1.165, 1.54) is 24.3 Å². The molecule has 1 saturated heterocycles. The van der Waals surface area contributed by atoms with Gasteiger partial charge in [0, 0.05) is 31.7 Å². The number of nitrogens with zero attached hydrogens (tertiary/aromatic N) is 4. The van der Waals surface area contributed by atoms with Gasteiger partial charge in [-0.2, -0.15) is 0 Å². The molecule has 2 heterocycles. The van der Waals surface area contributed by atoms with Crippen LogP contribution >= 0.6 is 0 Å². The molecule has 1 fully saturated rings. The highest BCUT2D eigenvalue weighted by Gasteiger charge is 2.31. The summed E-state index contributed by atoms with van der Waals surface area (Å²) in [6, 6.07) is 5.28. The molecule has 192 valence electrons. The number of rotatable bonds is 8. The van der Waals surface area contributed by atoms with Gasteiger partial charge in [-0.05, 0) is 84.1 Å². The van der Waals surface area contributed by atoms with Crippen molar-refractivity contribution < 1.29 is 23.1 Å². The summed E-state index contributed by atoms with van der Waals surface area (Å²) >= 11 is 0. The number of amides is 2. The second-order valence-electron chi connectivity index (χ2n) is 9.77. The van der Waals surface area contributed by atoms with E-state index in [2.05, 4.69) is 15.5 Å². The van der Waals surface area contributed by atoms with Crippen LogP contribution in [0.2, 0.25) is 0 Å². The van der Waals surface area contributed by atoms with E-state index in [1.54, 1.807) is 4.90 Å². The molecule has 2 amide bonds. The van der Waals surface area contributed by atoms with Crippen LogP contribution in [0.5, 0.6) is 0 Å². The monoisotopic (exact) mass is 489 g/mol. The van der Waals surface area contributed by atoms with E-state index in [4.69, 9.17) is 9.15 Å². The molecule has 1 aromatic carbocycles. The Morgan fingerprint density at radius 1 is 1.17 bits per heavy atom. The molecular formula is C25H36FN5O4. The minimum atomic E-state index is -0.538. The second kappa shape index (κ2) is 11.5. The maximum atomic E-state index is 13.3. The average molecular weight is 490 g/mol. The lowest BCUT2D eigenvalue weighted by Crippen LogP contribution is -2.42. The molecule has 0 aliphatic carbocycles. The number of likely N-dealkylation sites (tertiary alicyclic amines) is 1. The molecule has 1 N–H and O–H groups in total. The molecule has 0 radical (unpaired) electrons. The van der Waals surface area contributed by atoms with Crippen LogP contribution in [-0.4, -0.2) is 58.9 Å². The summed E-state index contributed by atoms with van der Waals surface area (Å²) in [5.41, 5.74) is -0.191. The first-order chi connectivity index (χ1) is 16.6. The summed E-state index contributed by atoms with van der Waals surface area (Å²) in [5.74, 6) is -0.188. The van der Waals surface area contributed by atoms with Gasteiger partial charge in [0.2, 0.25) is 5.89 Å². The Labute approximate surface area is 206 Å². The van der Waals surface area contributed by atoms with Gasteiger partial charge >= 0.3 is 12.1 Å². The largest absolute Gasteiger partial charge is 0.444 e. The van der Waals surface area contributed by atoms with Crippen LogP contribution in [0.15, 0.2) is 28.7 Å². The third-order valence-corrected chi connectivity index (χ3v) is 6.01. The number of carbonyl (C=O) groups excluding carboxylic acids is 2. The van der Waals surface area contributed by atoms with E-state index >= 15 is 0 Å². The molecule has 1 atom stereocenters. The minimum absolute atomic E-state index is 0.232. The van der Waals surface area contributed by atoms with Gasteiger partial charge in [-0.1, -0.05) is 5.10 Å². The molecule has 35 heavy (non-hydrogen) atoms. The SMILES string of the molecule is CCN(CC)c1nnc(C(CC2CCN(C(=O)OC(C)(C)C)CC2)NC(=O)c2ccc(F)cc2)o1. The van der Waals surface area contributed by atoms with Crippen LogP contribution in [0.3, 0.4) is 0 Å². The Hall–Kier alpha value is -3.17. The fourth-order valence-electron chi connectivity index (χ4n) is 4.06. The number of ether oxygens (including phenoxy) is 1. The first kappa shape index (κ1) is 26.4. The number of nitrogens with one attached hydrogen (secondary N) is 1. The second-order valence-corrected chi connectivity index (χ2v) is 9.77. The molecule has 2 aromatic rings. The predicted octanol–water partition coefficient (Wildman–Crippen LogP) is 4.56. The first-order valence-electron chi connectivity index (χ1n) is 12.2. The van der Waals surface area contributed by atoms with E-state index in [9.17, 15) is 14.0 Å². The van der Waals surface area contributed by atoms with E-state index in [0.29, 0.717) is 50.1 Å². The Kier molecular flexibility index (Phi) is 8.69. The van der Waals surface area contributed by atoms with E-state index in [1.807, 2.05) is 39.5 Å². The normalized spacial score (nSPS) is 15.5. The lowest BCUT2D eigenvalue weighted by molar-refractivity contribution is 0.0177. The number of piperidine rings is 1. The zero-order chi connectivity index (χ0) is 25.6. The van der Waals surface area contributed by atoms with Crippen molar-refractivity contribution >= 4 is 18.0 Å². The Balaban J connectivity index is 1.71. The summed E-state index contributed by atoms with van der Waals surface area (Å²) in [5, 5.41) is 11.4.